The predicted molar refractivity (Wildman–Crippen MR) is 135 cm³/mol. The number of aryl methyl sites for hydroxylation is 2. The molecule has 8 heteroatoms. The van der Waals surface area contributed by atoms with Crippen LogP contribution >= 0.6 is 11.6 Å². The topological polar surface area (TPSA) is 88.3 Å². The number of H-pyrrole nitrogens is 1. The van der Waals surface area contributed by atoms with Crippen LogP contribution in [-0.2, 0) is 28.3 Å². The molecule has 0 aliphatic rings. The fourth-order valence-electron chi connectivity index (χ4n) is 3.73. The highest BCUT2D eigenvalue weighted by Gasteiger charge is 2.23. The first-order valence-corrected chi connectivity index (χ1v) is 12.8. The van der Waals surface area contributed by atoms with E-state index in [9.17, 15) is 13.2 Å². The molecule has 2 N–H and O–H groups in total. The van der Waals surface area contributed by atoms with Crippen LogP contribution in [0.5, 0.6) is 5.75 Å². The molecule has 0 saturated heterocycles. The maximum absolute atomic E-state index is 12.5. The fraction of sp³-hybridized carbons (Fsp3) is 0.320. The largest absolute Gasteiger partial charge is 0.496 e. The number of sulfonamides is 1. The second-order valence-electron chi connectivity index (χ2n) is 9.10. The van der Waals surface area contributed by atoms with Gasteiger partial charge in [0.2, 0.25) is 10.0 Å². The lowest BCUT2D eigenvalue weighted by Gasteiger charge is -2.25. The molecule has 0 atom stereocenters. The minimum atomic E-state index is -3.31. The SMILES string of the molecule is COc1c(CCc2ccc(NS(C)(=O)=O)cc2)cc(-c2cc(Cl)c[nH]c2=O)cc1C(C)(C)C. The minimum absolute atomic E-state index is 0.204. The van der Waals surface area contributed by atoms with Gasteiger partial charge in [0.1, 0.15) is 5.75 Å². The first kappa shape index (κ1) is 24.9. The van der Waals surface area contributed by atoms with Crippen molar-refractivity contribution in [3.63, 3.8) is 0 Å². The first-order valence-electron chi connectivity index (χ1n) is 10.5. The van der Waals surface area contributed by atoms with Crippen molar-refractivity contribution >= 4 is 27.3 Å². The molecule has 0 saturated carbocycles. The predicted octanol–water partition coefficient (Wildman–Crippen LogP) is 5.16. The third kappa shape index (κ3) is 6.39. The number of anilines is 1. The van der Waals surface area contributed by atoms with Gasteiger partial charge < -0.3 is 9.72 Å². The summed E-state index contributed by atoms with van der Waals surface area (Å²) in [7, 11) is -1.66. The minimum Gasteiger partial charge on any atom is -0.496 e. The third-order valence-electron chi connectivity index (χ3n) is 5.30. The summed E-state index contributed by atoms with van der Waals surface area (Å²) in [5, 5.41) is 0.460. The lowest BCUT2D eigenvalue weighted by molar-refractivity contribution is 0.392. The number of methoxy groups -OCH3 is 1. The third-order valence-corrected chi connectivity index (χ3v) is 6.12. The molecule has 0 spiro atoms. The molecule has 0 aliphatic carbocycles. The van der Waals surface area contributed by atoms with Crippen molar-refractivity contribution in [1.29, 1.82) is 0 Å². The van der Waals surface area contributed by atoms with Gasteiger partial charge in [-0.05, 0) is 65.3 Å². The molecular weight excluding hydrogens is 460 g/mol. The van der Waals surface area contributed by atoms with Gasteiger partial charge in [0.05, 0.1) is 18.4 Å². The monoisotopic (exact) mass is 488 g/mol. The summed E-state index contributed by atoms with van der Waals surface area (Å²) < 4.78 is 31.1. The number of hydrogen-bond donors (Lipinski definition) is 2. The van der Waals surface area contributed by atoms with Gasteiger partial charge in [-0.15, -0.1) is 0 Å². The lowest BCUT2D eigenvalue weighted by atomic mass is 9.82. The van der Waals surface area contributed by atoms with E-state index in [-0.39, 0.29) is 11.0 Å². The molecule has 1 heterocycles. The number of halogens is 1. The summed E-state index contributed by atoms with van der Waals surface area (Å²) in [6, 6.07) is 12.9. The molecule has 0 fully saturated rings. The van der Waals surface area contributed by atoms with Crippen molar-refractivity contribution in [3.05, 3.63) is 80.7 Å². The Labute approximate surface area is 200 Å². The van der Waals surface area contributed by atoms with Crippen molar-refractivity contribution in [2.45, 2.75) is 39.0 Å². The molecule has 3 aromatic rings. The van der Waals surface area contributed by atoms with Crippen LogP contribution in [0.3, 0.4) is 0 Å². The zero-order valence-corrected chi connectivity index (χ0v) is 21.0. The molecule has 0 amide bonds. The summed E-state index contributed by atoms with van der Waals surface area (Å²) in [4.78, 5) is 15.2. The van der Waals surface area contributed by atoms with Crippen LogP contribution in [0.25, 0.3) is 11.1 Å². The summed E-state index contributed by atoms with van der Waals surface area (Å²) in [5.74, 6) is 0.806. The van der Waals surface area contributed by atoms with Crippen molar-refractivity contribution in [2.75, 3.05) is 18.1 Å². The Bertz CT molecular complexity index is 1310. The van der Waals surface area contributed by atoms with E-state index in [0.717, 1.165) is 34.3 Å². The molecular formula is C25H29ClN2O4S. The maximum atomic E-state index is 12.5. The highest BCUT2D eigenvalue weighted by Crippen LogP contribution is 2.38. The van der Waals surface area contributed by atoms with Crippen LogP contribution in [-0.4, -0.2) is 26.8 Å². The van der Waals surface area contributed by atoms with Gasteiger partial charge in [0.15, 0.2) is 0 Å². The molecule has 2 aromatic carbocycles. The normalized spacial score (nSPS) is 11.9. The van der Waals surface area contributed by atoms with E-state index in [1.165, 1.54) is 6.20 Å². The van der Waals surface area contributed by atoms with E-state index in [1.54, 1.807) is 25.3 Å². The summed E-state index contributed by atoms with van der Waals surface area (Å²) in [5.41, 5.74) is 4.45. The Kier molecular flexibility index (Phi) is 7.24. The summed E-state index contributed by atoms with van der Waals surface area (Å²) >= 11 is 6.15. The number of nitrogens with one attached hydrogen (secondary N) is 2. The van der Waals surface area contributed by atoms with E-state index in [0.29, 0.717) is 29.1 Å². The number of hydrogen-bond acceptors (Lipinski definition) is 4. The molecule has 0 unspecified atom stereocenters. The Balaban J connectivity index is 2.00. The molecule has 6 nitrogen and oxygen atoms in total. The van der Waals surface area contributed by atoms with Gasteiger partial charge in [0, 0.05) is 23.0 Å². The van der Waals surface area contributed by atoms with Crippen LogP contribution in [0.4, 0.5) is 5.69 Å². The molecule has 3 rings (SSSR count). The maximum Gasteiger partial charge on any atom is 0.255 e. The number of benzene rings is 2. The fourth-order valence-corrected chi connectivity index (χ4v) is 4.46. The van der Waals surface area contributed by atoms with Crippen molar-refractivity contribution < 1.29 is 13.2 Å². The Morgan fingerprint density at radius 2 is 1.73 bits per heavy atom. The average molecular weight is 489 g/mol. The van der Waals surface area contributed by atoms with Gasteiger partial charge in [0.25, 0.3) is 5.56 Å². The van der Waals surface area contributed by atoms with Crippen molar-refractivity contribution in [1.82, 2.24) is 4.98 Å². The quantitative estimate of drug-likeness (QED) is 0.481. The molecule has 33 heavy (non-hydrogen) atoms. The number of aromatic nitrogens is 1. The standard InChI is InChI=1S/C25H29ClN2O4S/c1-25(2,3)22-13-18(21-14-19(26)15-27-24(21)29)12-17(23(22)32-4)9-6-16-7-10-20(11-8-16)28-33(5,30)31/h7-8,10-15,28H,6,9H2,1-5H3,(H,27,29). The number of ether oxygens (including phenoxy) is 1. The van der Waals surface area contributed by atoms with Gasteiger partial charge in [-0.3, -0.25) is 9.52 Å². The second kappa shape index (κ2) is 9.61. The van der Waals surface area contributed by atoms with Crippen LogP contribution < -0.4 is 15.0 Å². The number of pyridine rings is 1. The van der Waals surface area contributed by atoms with E-state index in [4.69, 9.17) is 16.3 Å². The van der Waals surface area contributed by atoms with E-state index < -0.39 is 10.0 Å². The molecule has 1 aromatic heterocycles. The lowest BCUT2D eigenvalue weighted by Crippen LogP contribution is -2.16. The van der Waals surface area contributed by atoms with Gasteiger partial charge in [-0.25, -0.2) is 8.42 Å². The molecule has 0 aliphatic heterocycles. The van der Waals surface area contributed by atoms with Crippen LogP contribution in [0.2, 0.25) is 5.02 Å². The first-order chi connectivity index (χ1) is 15.4. The van der Waals surface area contributed by atoms with Gasteiger partial charge in [-0.1, -0.05) is 44.5 Å². The molecule has 0 bridgehead atoms. The van der Waals surface area contributed by atoms with E-state index in [1.807, 2.05) is 24.3 Å². The highest BCUT2D eigenvalue weighted by atomic mass is 35.5. The molecule has 0 radical (unpaired) electrons. The Morgan fingerprint density at radius 3 is 2.30 bits per heavy atom. The zero-order chi connectivity index (χ0) is 24.4. The van der Waals surface area contributed by atoms with E-state index in [2.05, 4.69) is 30.5 Å². The van der Waals surface area contributed by atoms with Crippen molar-refractivity contribution in [3.8, 4) is 16.9 Å². The van der Waals surface area contributed by atoms with Crippen LogP contribution in [0.1, 0.15) is 37.5 Å². The summed E-state index contributed by atoms with van der Waals surface area (Å²) in [6.45, 7) is 6.32. The highest BCUT2D eigenvalue weighted by molar-refractivity contribution is 7.92. The van der Waals surface area contributed by atoms with Crippen molar-refractivity contribution in [2.24, 2.45) is 0 Å². The molecule has 176 valence electrons. The van der Waals surface area contributed by atoms with E-state index >= 15 is 0 Å². The average Bonchev–Trinajstić information content (AvgIpc) is 2.72. The zero-order valence-electron chi connectivity index (χ0n) is 19.5. The smallest absolute Gasteiger partial charge is 0.255 e. The Morgan fingerprint density at radius 1 is 1.06 bits per heavy atom. The van der Waals surface area contributed by atoms with Crippen LogP contribution in [0.15, 0.2) is 53.5 Å². The Hall–Kier alpha value is -2.77. The van der Waals surface area contributed by atoms with Gasteiger partial charge in [-0.2, -0.15) is 0 Å². The van der Waals surface area contributed by atoms with Crippen LogP contribution in [0, 0.1) is 0 Å². The number of aromatic amines is 1. The second-order valence-corrected chi connectivity index (χ2v) is 11.3. The van der Waals surface area contributed by atoms with Gasteiger partial charge >= 0.3 is 0 Å². The number of rotatable bonds is 7. The summed E-state index contributed by atoms with van der Waals surface area (Å²) in [6.07, 6.45) is 3.99.